The molecule has 0 spiro atoms. The predicted octanol–water partition coefficient (Wildman–Crippen LogP) is 4.40. The van der Waals surface area contributed by atoms with Gasteiger partial charge in [-0.1, -0.05) is 39.1 Å². The first-order chi connectivity index (χ1) is 9.72. The summed E-state index contributed by atoms with van der Waals surface area (Å²) in [4.78, 5) is -0.481. The molecule has 112 valence electrons. The van der Waals surface area contributed by atoms with Gasteiger partial charge in [0.05, 0.1) is 15.7 Å². The summed E-state index contributed by atoms with van der Waals surface area (Å²) >= 11 is 14.3. The Morgan fingerprint density at radius 2 is 1.86 bits per heavy atom. The van der Waals surface area contributed by atoms with E-state index in [0.29, 0.717) is 4.47 Å². The molecule has 2 rings (SSSR count). The van der Waals surface area contributed by atoms with Gasteiger partial charge in [-0.2, -0.15) is 0 Å². The summed E-state index contributed by atoms with van der Waals surface area (Å²) in [5.74, 6) is -1.31. The van der Waals surface area contributed by atoms with Crippen molar-refractivity contribution in [3.63, 3.8) is 0 Å². The lowest BCUT2D eigenvalue weighted by Crippen LogP contribution is -2.14. The standard InChI is InChI=1S/C12H7BrCl2FNO3S/c13-6-1-3-9(18)8(5-6)17-21(19,20)10-4-2-7(14)12(16)11(10)15/h1-5,17-18H. The third-order valence-corrected chi connectivity index (χ3v) is 5.17. The molecule has 21 heavy (non-hydrogen) atoms. The highest BCUT2D eigenvalue weighted by molar-refractivity contribution is 9.10. The van der Waals surface area contributed by atoms with Crippen molar-refractivity contribution < 1.29 is 17.9 Å². The van der Waals surface area contributed by atoms with Crippen LogP contribution in [-0.4, -0.2) is 13.5 Å². The highest BCUT2D eigenvalue weighted by atomic mass is 79.9. The fraction of sp³-hybridized carbons (Fsp3) is 0. The van der Waals surface area contributed by atoms with Gasteiger partial charge in [0.2, 0.25) is 0 Å². The van der Waals surface area contributed by atoms with Gasteiger partial charge >= 0.3 is 0 Å². The number of nitrogens with one attached hydrogen (secondary N) is 1. The van der Waals surface area contributed by atoms with Gasteiger partial charge in [0, 0.05) is 4.47 Å². The Labute approximate surface area is 138 Å². The molecule has 0 amide bonds. The van der Waals surface area contributed by atoms with Crippen molar-refractivity contribution in [1.29, 1.82) is 0 Å². The highest BCUT2D eigenvalue weighted by Gasteiger charge is 2.23. The first kappa shape index (κ1) is 16.4. The highest BCUT2D eigenvalue weighted by Crippen LogP contribution is 2.33. The minimum absolute atomic E-state index is 0.0733. The molecule has 2 N–H and O–H groups in total. The van der Waals surface area contributed by atoms with E-state index in [1.165, 1.54) is 18.2 Å². The first-order valence-electron chi connectivity index (χ1n) is 5.37. The lowest BCUT2D eigenvalue weighted by Gasteiger charge is -2.11. The summed E-state index contributed by atoms with van der Waals surface area (Å²) in [5, 5.41) is 8.73. The number of phenols is 1. The van der Waals surface area contributed by atoms with E-state index in [2.05, 4.69) is 20.7 Å². The lowest BCUT2D eigenvalue weighted by molar-refractivity contribution is 0.477. The number of anilines is 1. The van der Waals surface area contributed by atoms with Crippen LogP contribution >= 0.6 is 39.1 Å². The molecule has 0 aliphatic heterocycles. The van der Waals surface area contributed by atoms with E-state index < -0.39 is 25.8 Å². The van der Waals surface area contributed by atoms with E-state index in [1.807, 2.05) is 0 Å². The van der Waals surface area contributed by atoms with Crippen LogP contribution in [0.15, 0.2) is 39.7 Å². The second kappa shape index (κ2) is 6.00. The quantitative estimate of drug-likeness (QED) is 0.577. The van der Waals surface area contributed by atoms with Crippen molar-refractivity contribution in [3.8, 4) is 5.75 Å². The summed E-state index contributed by atoms with van der Waals surface area (Å²) in [6.07, 6.45) is 0. The minimum atomic E-state index is -4.18. The van der Waals surface area contributed by atoms with Gasteiger partial charge in [0.25, 0.3) is 10.0 Å². The number of sulfonamides is 1. The SMILES string of the molecule is O=S(=O)(Nc1cc(Br)ccc1O)c1ccc(Cl)c(F)c1Cl. The third-order valence-electron chi connectivity index (χ3n) is 2.49. The molecule has 0 radical (unpaired) electrons. The predicted molar refractivity (Wildman–Crippen MR) is 83.0 cm³/mol. The Bertz CT molecular complexity index is 814. The molecule has 0 aliphatic carbocycles. The maximum Gasteiger partial charge on any atom is 0.263 e. The molecule has 0 saturated heterocycles. The molecular weight excluding hydrogens is 408 g/mol. The maximum atomic E-state index is 13.6. The Hall–Kier alpha value is -1.02. The monoisotopic (exact) mass is 413 g/mol. The van der Waals surface area contributed by atoms with Crippen molar-refractivity contribution in [2.75, 3.05) is 4.72 Å². The molecule has 2 aromatic carbocycles. The molecule has 9 heteroatoms. The first-order valence-corrected chi connectivity index (χ1v) is 8.40. The topological polar surface area (TPSA) is 66.4 Å². The van der Waals surface area contributed by atoms with Gasteiger partial charge in [-0.05, 0) is 30.3 Å². The number of phenolic OH excluding ortho intramolecular Hbond substituents is 1. The average Bonchev–Trinajstić information content (AvgIpc) is 2.39. The van der Waals surface area contributed by atoms with E-state index in [1.54, 1.807) is 0 Å². The summed E-state index contributed by atoms with van der Waals surface area (Å²) in [6.45, 7) is 0. The van der Waals surface area contributed by atoms with Crippen molar-refractivity contribution in [2.45, 2.75) is 4.90 Å². The third kappa shape index (κ3) is 3.42. The summed E-state index contributed by atoms with van der Waals surface area (Å²) < 4.78 is 40.7. The normalized spacial score (nSPS) is 11.4. The lowest BCUT2D eigenvalue weighted by atomic mass is 10.3. The van der Waals surface area contributed by atoms with Gasteiger partial charge < -0.3 is 5.11 Å². The molecule has 0 aromatic heterocycles. The molecule has 0 unspecified atom stereocenters. The van der Waals surface area contributed by atoms with E-state index in [4.69, 9.17) is 23.2 Å². The van der Waals surface area contributed by atoms with Gasteiger partial charge in [-0.25, -0.2) is 12.8 Å². The van der Waals surface area contributed by atoms with Crippen molar-refractivity contribution in [3.05, 3.63) is 50.7 Å². The molecule has 0 saturated carbocycles. The minimum Gasteiger partial charge on any atom is -0.506 e. The Kier molecular flexibility index (Phi) is 4.67. The zero-order valence-electron chi connectivity index (χ0n) is 10.1. The van der Waals surface area contributed by atoms with Gasteiger partial charge in [-0.15, -0.1) is 0 Å². The molecule has 0 aliphatic rings. The number of aromatic hydroxyl groups is 1. The molecule has 0 bridgehead atoms. The van der Waals surface area contributed by atoms with E-state index >= 15 is 0 Å². The van der Waals surface area contributed by atoms with Crippen LogP contribution in [0.25, 0.3) is 0 Å². The fourth-order valence-corrected chi connectivity index (χ4v) is 3.68. The number of halogens is 4. The van der Waals surface area contributed by atoms with Crippen LogP contribution in [0.2, 0.25) is 10.0 Å². The molecule has 2 aromatic rings. The zero-order valence-corrected chi connectivity index (χ0v) is 14.0. The van der Waals surface area contributed by atoms with Crippen LogP contribution in [0.5, 0.6) is 5.75 Å². The summed E-state index contributed by atoms with van der Waals surface area (Å²) in [6, 6.07) is 6.34. The molecule has 0 atom stereocenters. The van der Waals surface area contributed by atoms with Crippen molar-refractivity contribution >= 4 is 54.8 Å². The average molecular weight is 415 g/mol. The Morgan fingerprint density at radius 3 is 2.52 bits per heavy atom. The maximum absolute atomic E-state index is 13.6. The van der Waals surface area contributed by atoms with Crippen LogP contribution in [0, 0.1) is 5.82 Å². The van der Waals surface area contributed by atoms with Crippen LogP contribution < -0.4 is 4.72 Å². The Balaban J connectivity index is 2.49. The van der Waals surface area contributed by atoms with E-state index in [0.717, 1.165) is 12.1 Å². The van der Waals surface area contributed by atoms with Crippen molar-refractivity contribution in [2.24, 2.45) is 0 Å². The smallest absolute Gasteiger partial charge is 0.263 e. The number of benzene rings is 2. The largest absolute Gasteiger partial charge is 0.506 e. The molecule has 4 nitrogen and oxygen atoms in total. The number of rotatable bonds is 3. The van der Waals surface area contributed by atoms with Gasteiger partial charge in [0.1, 0.15) is 10.6 Å². The Morgan fingerprint density at radius 1 is 1.19 bits per heavy atom. The molecule has 0 heterocycles. The zero-order chi connectivity index (χ0) is 15.8. The summed E-state index contributed by atoms with van der Waals surface area (Å²) in [7, 11) is -4.18. The van der Waals surface area contributed by atoms with Crippen LogP contribution in [0.1, 0.15) is 0 Å². The second-order valence-corrected chi connectivity index (χ2v) is 7.29. The van der Waals surface area contributed by atoms with Crippen molar-refractivity contribution in [1.82, 2.24) is 0 Å². The van der Waals surface area contributed by atoms with E-state index in [-0.39, 0.29) is 16.5 Å². The van der Waals surface area contributed by atoms with Gasteiger partial charge in [0.15, 0.2) is 5.82 Å². The van der Waals surface area contributed by atoms with Gasteiger partial charge in [-0.3, -0.25) is 4.72 Å². The van der Waals surface area contributed by atoms with E-state index in [9.17, 15) is 17.9 Å². The van der Waals surface area contributed by atoms with Crippen LogP contribution in [0.4, 0.5) is 10.1 Å². The fourth-order valence-electron chi connectivity index (χ4n) is 1.51. The number of hydrogen-bond donors (Lipinski definition) is 2. The molecule has 0 fully saturated rings. The number of hydrogen-bond acceptors (Lipinski definition) is 3. The second-order valence-electron chi connectivity index (χ2n) is 3.94. The van der Waals surface area contributed by atoms with Crippen LogP contribution in [-0.2, 0) is 10.0 Å². The van der Waals surface area contributed by atoms with Crippen LogP contribution in [0.3, 0.4) is 0 Å². The summed E-state index contributed by atoms with van der Waals surface area (Å²) in [5.41, 5.74) is -0.0733. The molecular formula is C12H7BrCl2FNO3S.